The Balaban J connectivity index is 3.04. The molecule has 0 aliphatic heterocycles. The van der Waals surface area contributed by atoms with Crippen LogP contribution in [-0.2, 0) is 8.85 Å². The second-order valence-corrected chi connectivity index (χ2v) is 8.66. The summed E-state index contributed by atoms with van der Waals surface area (Å²) in [5.74, 6) is 0. The SMILES string of the molecule is C[SiH2]OCCO[Si](C)(C)C. The van der Waals surface area contributed by atoms with Gasteiger partial charge in [0.1, 0.15) is 0 Å². The van der Waals surface area contributed by atoms with Crippen LogP contribution in [-0.4, -0.2) is 31.3 Å². The van der Waals surface area contributed by atoms with Crippen LogP contribution < -0.4 is 0 Å². The van der Waals surface area contributed by atoms with Gasteiger partial charge in [-0.1, -0.05) is 6.55 Å². The summed E-state index contributed by atoms with van der Waals surface area (Å²) in [6.45, 7) is 10.3. The molecule has 0 saturated carbocycles. The van der Waals surface area contributed by atoms with Crippen molar-refractivity contribution in [1.82, 2.24) is 0 Å². The van der Waals surface area contributed by atoms with Crippen LogP contribution >= 0.6 is 0 Å². The van der Waals surface area contributed by atoms with Crippen molar-refractivity contribution in [2.75, 3.05) is 13.2 Å². The Kier molecular flexibility index (Phi) is 5.24. The maximum absolute atomic E-state index is 5.57. The third-order valence-electron chi connectivity index (χ3n) is 0.967. The third-order valence-corrected chi connectivity index (χ3v) is 2.73. The lowest BCUT2D eigenvalue weighted by molar-refractivity contribution is 0.220. The molecule has 0 unspecified atom stereocenters. The first-order valence-corrected chi connectivity index (χ1v) is 9.18. The van der Waals surface area contributed by atoms with Crippen molar-refractivity contribution in [1.29, 1.82) is 0 Å². The first-order valence-electron chi connectivity index (χ1n) is 3.78. The molecular weight excluding hydrogens is 160 g/mol. The van der Waals surface area contributed by atoms with E-state index in [-0.39, 0.29) is 9.76 Å². The maximum atomic E-state index is 5.57. The molecule has 62 valence electrons. The molecule has 0 aliphatic carbocycles. The Hall–Kier alpha value is 0.354. The van der Waals surface area contributed by atoms with Gasteiger partial charge in [0.05, 0.1) is 13.2 Å². The zero-order valence-corrected chi connectivity index (χ0v) is 9.85. The highest BCUT2D eigenvalue weighted by Gasteiger charge is 2.12. The molecule has 0 heterocycles. The normalized spacial score (nSPS) is 13.2. The fraction of sp³-hybridized carbons (Fsp3) is 1.00. The van der Waals surface area contributed by atoms with Gasteiger partial charge < -0.3 is 8.85 Å². The summed E-state index contributed by atoms with van der Waals surface area (Å²) >= 11 is 0. The van der Waals surface area contributed by atoms with Crippen LogP contribution in [0.3, 0.4) is 0 Å². The van der Waals surface area contributed by atoms with Gasteiger partial charge in [0.15, 0.2) is 18.1 Å². The quantitative estimate of drug-likeness (QED) is 0.462. The largest absolute Gasteiger partial charge is 0.422 e. The topological polar surface area (TPSA) is 18.5 Å². The monoisotopic (exact) mass is 178 g/mol. The molecule has 0 aromatic heterocycles. The van der Waals surface area contributed by atoms with Gasteiger partial charge in [-0.25, -0.2) is 0 Å². The predicted octanol–water partition coefficient (Wildman–Crippen LogP) is 0.986. The summed E-state index contributed by atoms with van der Waals surface area (Å²) in [4.78, 5) is 0. The van der Waals surface area contributed by atoms with Crippen molar-refractivity contribution in [3.05, 3.63) is 0 Å². The first-order chi connectivity index (χ1) is 4.56. The smallest absolute Gasteiger partial charge is 0.183 e. The van der Waals surface area contributed by atoms with Crippen molar-refractivity contribution < 1.29 is 8.85 Å². The molecule has 0 rings (SSSR count). The van der Waals surface area contributed by atoms with Crippen LogP contribution in [0.1, 0.15) is 0 Å². The lowest BCUT2D eigenvalue weighted by atomic mass is 10.8. The fourth-order valence-corrected chi connectivity index (χ4v) is 1.65. The minimum absolute atomic E-state index is 0.215. The highest BCUT2D eigenvalue weighted by atomic mass is 28.4. The highest BCUT2D eigenvalue weighted by molar-refractivity contribution is 6.69. The van der Waals surface area contributed by atoms with Crippen LogP contribution in [0.5, 0.6) is 0 Å². The van der Waals surface area contributed by atoms with Crippen molar-refractivity contribution in [2.24, 2.45) is 0 Å². The summed E-state index contributed by atoms with van der Waals surface area (Å²) in [6, 6.07) is 0. The van der Waals surface area contributed by atoms with E-state index in [1.807, 2.05) is 0 Å². The Labute approximate surface area is 67.0 Å². The van der Waals surface area contributed by atoms with Gasteiger partial charge in [-0.3, -0.25) is 0 Å². The Morgan fingerprint density at radius 2 is 1.80 bits per heavy atom. The van der Waals surface area contributed by atoms with Crippen LogP contribution in [0, 0.1) is 0 Å². The van der Waals surface area contributed by atoms with E-state index in [0.29, 0.717) is 0 Å². The maximum Gasteiger partial charge on any atom is 0.183 e. The first kappa shape index (κ1) is 10.4. The zero-order chi connectivity index (χ0) is 8.04. The highest BCUT2D eigenvalue weighted by Crippen LogP contribution is 2.00. The van der Waals surface area contributed by atoms with Crippen molar-refractivity contribution in [2.45, 2.75) is 26.2 Å². The van der Waals surface area contributed by atoms with Crippen LogP contribution in [0.15, 0.2) is 0 Å². The van der Waals surface area contributed by atoms with Gasteiger partial charge >= 0.3 is 0 Å². The molecule has 0 aromatic carbocycles. The molecular formula is C6H18O2Si2. The van der Waals surface area contributed by atoms with E-state index in [1.165, 1.54) is 0 Å². The molecule has 0 fully saturated rings. The predicted molar refractivity (Wildman–Crippen MR) is 49.7 cm³/mol. The summed E-state index contributed by atoms with van der Waals surface area (Å²) in [5.41, 5.74) is 0. The van der Waals surface area contributed by atoms with Gasteiger partial charge in [-0.05, 0) is 19.6 Å². The van der Waals surface area contributed by atoms with Gasteiger partial charge in [0.25, 0.3) is 0 Å². The fourth-order valence-electron chi connectivity index (χ4n) is 0.551. The molecule has 0 aliphatic rings. The van der Waals surface area contributed by atoms with E-state index >= 15 is 0 Å². The second kappa shape index (κ2) is 5.06. The summed E-state index contributed by atoms with van der Waals surface area (Å²) in [7, 11) is -1.49. The lowest BCUT2D eigenvalue weighted by Gasteiger charge is -2.16. The minimum Gasteiger partial charge on any atom is -0.422 e. The van der Waals surface area contributed by atoms with E-state index in [1.54, 1.807) is 0 Å². The summed E-state index contributed by atoms with van der Waals surface area (Å²) in [5, 5.41) is 0. The van der Waals surface area contributed by atoms with Crippen molar-refractivity contribution >= 4 is 18.1 Å². The summed E-state index contributed by atoms with van der Waals surface area (Å²) < 4.78 is 10.8. The second-order valence-electron chi connectivity index (χ2n) is 3.16. The number of hydrogen-bond donors (Lipinski definition) is 0. The van der Waals surface area contributed by atoms with E-state index in [2.05, 4.69) is 26.2 Å². The standard InChI is InChI=1S/C6H18O2Si2/c1-9-7-5-6-8-10(2,3)4/h5-6,9H2,1-4H3. The van der Waals surface area contributed by atoms with E-state index in [4.69, 9.17) is 8.85 Å². The van der Waals surface area contributed by atoms with Crippen LogP contribution in [0.25, 0.3) is 0 Å². The minimum atomic E-state index is -1.27. The molecule has 0 N–H and O–H groups in total. The number of hydrogen-bond acceptors (Lipinski definition) is 2. The van der Waals surface area contributed by atoms with Crippen molar-refractivity contribution in [3.63, 3.8) is 0 Å². The molecule has 2 nitrogen and oxygen atoms in total. The Bertz CT molecular complexity index is 80.3. The molecule has 0 atom stereocenters. The number of rotatable bonds is 5. The molecule has 0 amide bonds. The average molecular weight is 178 g/mol. The van der Waals surface area contributed by atoms with Gasteiger partial charge in [0, 0.05) is 0 Å². The molecule has 10 heavy (non-hydrogen) atoms. The Morgan fingerprint density at radius 1 is 1.20 bits per heavy atom. The molecule has 0 spiro atoms. The molecule has 4 heteroatoms. The molecule has 0 bridgehead atoms. The lowest BCUT2D eigenvalue weighted by Crippen LogP contribution is -2.27. The average Bonchev–Trinajstić information content (AvgIpc) is 1.78. The van der Waals surface area contributed by atoms with Crippen LogP contribution in [0.4, 0.5) is 0 Å². The van der Waals surface area contributed by atoms with Crippen molar-refractivity contribution in [3.8, 4) is 0 Å². The van der Waals surface area contributed by atoms with Gasteiger partial charge in [0.2, 0.25) is 0 Å². The van der Waals surface area contributed by atoms with Crippen LogP contribution in [0.2, 0.25) is 26.2 Å². The van der Waals surface area contributed by atoms with Gasteiger partial charge in [-0.2, -0.15) is 0 Å². The van der Waals surface area contributed by atoms with Gasteiger partial charge in [-0.15, -0.1) is 0 Å². The Morgan fingerprint density at radius 3 is 2.20 bits per heavy atom. The third kappa shape index (κ3) is 8.35. The molecule has 0 radical (unpaired) electrons. The van der Waals surface area contributed by atoms with E-state index in [0.717, 1.165) is 13.2 Å². The molecule has 0 aromatic rings. The summed E-state index contributed by atoms with van der Waals surface area (Å²) in [6.07, 6.45) is 0. The van der Waals surface area contributed by atoms with E-state index < -0.39 is 8.32 Å². The van der Waals surface area contributed by atoms with E-state index in [9.17, 15) is 0 Å². The molecule has 0 saturated heterocycles. The zero-order valence-electron chi connectivity index (χ0n) is 7.44.